The molecule has 1 aromatic carbocycles. The lowest BCUT2D eigenvalue weighted by Gasteiger charge is -2.08. The average molecular weight is 253 g/mol. The number of carboxylic acids is 1. The molecule has 5 nitrogen and oxygen atoms in total. The Hall–Kier alpha value is -2.69. The van der Waals surface area contributed by atoms with E-state index in [4.69, 9.17) is 5.11 Å². The van der Waals surface area contributed by atoms with E-state index in [1.54, 1.807) is 17.8 Å². The maximum absolute atomic E-state index is 11.1. The van der Waals surface area contributed by atoms with Crippen molar-refractivity contribution in [1.29, 1.82) is 0 Å². The van der Waals surface area contributed by atoms with E-state index >= 15 is 0 Å². The van der Waals surface area contributed by atoms with Gasteiger partial charge in [0.1, 0.15) is 5.56 Å². The molecular formula is C14H11N3O2. The predicted molar refractivity (Wildman–Crippen MR) is 70.6 cm³/mol. The molecule has 2 aromatic heterocycles. The Balaban J connectivity index is 2.28. The molecule has 0 spiro atoms. The van der Waals surface area contributed by atoms with Crippen molar-refractivity contribution in [1.82, 2.24) is 14.8 Å². The fraction of sp³-hybridized carbons (Fsp3) is 0.0714. The zero-order valence-corrected chi connectivity index (χ0v) is 10.2. The van der Waals surface area contributed by atoms with E-state index in [1.807, 2.05) is 30.3 Å². The third-order valence-corrected chi connectivity index (χ3v) is 3.09. The summed E-state index contributed by atoms with van der Waals surface area (Å²) in [5.41, 5.74) is 2.49. The molecule has 0 amide bonds. The van der Waals surface area contributed by atoms with Gasteiger partial charge in [0.15, 0.2) is 0 Å². The number of rotatable bonds is 2. The monoisotopic (exact) mass is 253 g/mol. The van der Waals surface area contributed by atoms with E-state index in [0.29, 0.717) is 5.69 Å². The lowest BCUT2D eigenvalue weighted by Crippen LogP contribution is -2.03. The number of benzene rings is 1. The molecule has 5 heteroatoms. The molecule has 94 valence electrons. The van der Waals surface area contributed by atoms with Crippen molar-refractivity contribution in [3.63, 3.8) is 0 Å². The summed E-state index contributed by atoms with van der Waals surface area (Å²) in [4.78, 5) is 15.3. The molecule has 2 heterocycles. The highest BCUT2D eigenvalue weighted by molar-refractivity contribution is 5.90. The van der Waals surface area contributed by atoms with Gasteiger partial charge in [-0.15, -0.1) is 0 Å². The van der Waals surface area contributed by atoms with Gasteiger partial charge in [-0.05, 0) is 19.1 Å². The zero-order chi connectivity index (χ0) is 13.4. The van der Waals surface area contributed by atoms with Crippen molar-refractivity contribution < 1.29 is 9.90 Å². The maximum atomic E-state index is 11.1. The molecule has 0 unspecified atom stereocenters. The third kappa shape index (κ3) is 1.76. The molecule has 0 radical (unpaired) electrons. The van der Waals surface area contributed by atoms with Crippen molar-refractivity contribution in [3.05, 3.63) is 54.0 Å². The summed E-state index contributed by atoms with van der Waals surface area (Å²) in [6.07, 6.45) is 3.06. The molecule has 0 saturated carbocycles. The maximum Gasteiger partial charge on any atom is 0.339 e. The van der Waals surface area contributed by atoms with Crippen LogP contribution >= 0.6 is 0 Å². The number of carboxylic acid groups (broad SMARTS) is 1. The molecule has 3 rings (SSSR count). The molecule has 0 aliphatic carbocycles. The second-order valence-corrected chi connectivity index (χ2v) is 4.21. The number of nitrogens with zero attached hydrogens (tertiary/aromatic N) is 3. The molecular weight excluding hydrogens is 242 g/mol. The van der Waals surface area contributed by atoms with E-state index in [1.165, 1.54) is 6.20 Å². The van der Waals surface area contributed by atoms with Crippen molar-refractivity contribution >= 4 is 16.9 Å². The first-order valence-corrected chi connectivity index (χ1v) is 5.80. The van der Waals surface area contributed by atoms with Crippen LogP contribution in [0.1, 0.15) is 16.1 Å². The summed E-state index contributed by atoms with van der Waals surface area (Å²) >= 11 is 0. The number of aromatic nitrogens is 3. The Morgan fingerprint density at radius 1 is 1.26 bits per heavy atom. The number of aromatic carboxylic acids is 1. The van der Waals surface area contributed by atoms with E-state index in [0.717, 1.165) is 16.6 Å². The van der Waals surface area contributed by atoms with Crippen LogP contribution in [0.2, 0.25) is 0 Å². The lowest BCUT2D eigenvalue weighted by molar-refractivity contribution is 0.0696. The van der Waals surface area contributed by atoms with Crippen LogP contribution in [0.15, 0.2) is 42.7 Å². The Bertz CT molecular complexity index is 772. The molecule has 3 aromatic rings. The fourth-order valence-corrected chi connectivity index (χ4v) is 2.13. The summed E-state index contributed by atoms with van der Waals surface area (Å²) in [5, 5.41) is 14.2. The smallest absolute Gasteiger partial charge is 0.339 e. The van der Waals surface area contributed by atoms with Gasteiger partial charge in [0.2, 0.25) is 0 Å². The van der Waals surface area contributed by atoms with Crippen LogP contribution in [-0.2, 0) is 0 Å². The van der Waals surface area contributed by atoms with Gasteiger partial charge < -0.3 is 5.11 Å². The second kappa shape index (κ2) is 4.20. The summed E-state index contributed by atoms with van der Waals surface area (Å²) in [6, 6.07) is 9.52. The standard InChI is InChI=1S/C14H11N3O2/c1-9-11(14(18)19)8-16-17(9)13-6-7-15-12-5-3-2-4-10(12)13/h2-8H,1H3,(H,18,19). The molecule has 19 heavy (non-hydrogen) atoms. The molecule has 0 fully saturated rings. The third-order valence-electron chi connectivity index (χ3n) is 3.09. The van der Waals surface area contributed by atoms with Gasteiger partial charge in [0, 0.05) is 11.6 Å². The molecule has 0 aliphatic heterocycles. The summed E-state index contributed by atoms with van der Waals surface area (Å²) in [6.45, 7) is 1.74. The van der Waals surface area contributed by atoms with Gasteiger partial charge in [0.05, 0.1) is 23.1 Å². The first-order chi connectivity index (χ1) is 9.18. The molecule has 1 N–H and O–H groups in total. The van der Waals surface area contributed by atoms with Crippen LogP contribution in [0.25, 0.3) is 16.6 Å². The highest BCUT2D eigenvalue weighted by Crippen LogP contribution is 2.22. The van der Waals surface area contributed by atoms with Crippen molar-refractivity contribution in [3.8, 4) is 5.69 Å². The number of hydrogen-bond acceptors (Lipinski definition) is 3. The quantitative estimate of drug-likeness (QED) is 0.761. The van der Waals surface area contributed by atoms with Gasteiger partial charge >= 0.3 is 5.97 Å². The summed E-state index contributed by atoms with van der Waals surface area (Å²) < 4.78 is 1.63. The molecule has 0 bridgehead atoms. The molecule has 0 atom stereocenters. The Morgan fingerprint density at radius 2 is 2.05 bits per heavy atom. The summed E-state index contributed by atoms with van der Waals surface area (Å²) in [7, 11) is 0. The highest BCUT2D eigenvalue weighted by Gasteiger charge is 2.15. The molecule has 0 saturated heterocycles. The number of pyridine rings is 1. The first-order valence-electron chi connectivity index (χ1n) is 5.80. The van der Waals surface area contributed by atoms with Gasteiger partial charge in [-0.1, -0.05) is 18.2 Å². The van der Waals surface area contributed by atoms with E-state index in [-0.39, 0.29) is 5.56 Å². The number of carbonyl (C=O) groups is 1. The number of fused-ring (bicyclic) bond motifs is 1. The highest BCUT2D eigenvalue weighted by atomic mass is 16.4. The molecule has 0 aliphatic rings. The Labute approximate surface area is 109 Å². The predicted octanol–water partition coefficient (Wildman–Crippen LogP) is 2.43. The summed E-state index contributed by atoms with van der Waals surface area (Å²) in [5.74, 6) is -0.970. The van der Waals surface area contributed by atoms with Crippen molar-refractivity contribution in [2.75, 3.05) is 0 Å². The minimum absolute atomic E-state index is 0.209. The topological polar surface area (TPSA) is 68.0 Å². The van der Waals surface area contributed by atoms with Crippen LogP contribution in [0.5, 0.6) is 0 Å². The first kappa shape index (κ1) is 11.4. The average Bonchev–Trinajstić information content (AvgIpc) is 2.80. The van der Waals surface area contributed by atoms with Crippen molar-refractivity contribution in [2.24, 2.45) is 0 Å². The SMILES string of the molecule is Cc1c(C(=O)O)cnn1-c1ccnc2ccccc12. The second-order valence-electron chi connectivity index (χ2n) is 4.21. The van der Waals surface area contributed by atoms with Gasteiger partial charge in [0.25, 0.3) is 0 Å². The van der Waals surface area contributed by atoms with Crippen LogP contribution in [0.4, 0.5) is 0 Å². The number of hydrogen-bond donors (Lipinski definition) is 1. The zero-order valence-electron chi connectivity index (χ0n) is 10.2. The number of para-hydroxylation sites is 1. The van der Waals surface area contributed by atoms with Crippen molar-refractivity contribution in [2.45, 2.75) is 6.92 Å². The van der Waals surface area contributed by atoms with Gasteiger partial charge in [-0.25, -0.2) is 9.48 Å². The van der Waals surface area contributed by atoms with E-state index in [2.05, 4.69) is 10.1 Å². The van der Waals surface area contributed by atoms with Crippen LogP contribution in [0.3, 0.4) is 0 Å². The Morgan fingerprint density at radius 3 is 2.79 bits per heavy atom. The van der Waals surface area contributed by atoms with Gasteiger partial charge in [-0.3, -0.25) is 4.98 Å². The van der Waals surface area contributed by atoms with Gasteiger partial charge in [-0.2, -0.15) is 5.10 Å². The van der Waals surface area contributed by atoms with Crippen LogP contribution < -0.4 is 0 Å². The lowest BCUT2D eigenvalue weighted by atomic mass is 10.2. The van der Waals surface area contributed by atoms with Crippen LogP contribution in [-0.4, -0.2) is 25.8 Å². The van der Waals surface area contributed by atoms with Crippen LogP contribution in [0, 0.1) is 6.92 Å². The minimum Gasteiger partial charge on any atom is -0.478 e. The normalized spacial score (nSPS) is 10.8. The van der Waals surface area contributed by atoms with E-state index in [9.17, 15) is 4.79 Å². The Kier molecular flexibility index (Phi) is 2.52. The minimum atomic E-state index is -0.970. The largest absolute Gasteiger partial charge is 0.478 e. The van der Waals surface area contributed by atoms with E-state index < -0.39 is 5.97 Å². The fourth-order valence-electron chi connectivity index (χ4n) is 2.13.